The van der Waals surface area contributed by atoms with Crippen LogP contribution in [0.1, 0.15) is 24.2 Å². The van der Waals surface area contributed by atoms with E-state index in [1.807, 2.05) is 30.2 Å². The molecule has 2 heterocycles. The summed E-state index contributed by atoms with van der Waals surface area (Å²) in [6, 6.07) is 6.44. The Hall–Kier alpha value is -1.68. The van der Waals surface area contributed by atoms with Crippen molar-refractivity contribution in [2.45, 2.75) is 19.4 Å². The molecular weight excluding hydrogens is 212 g/mol. The van der Waals surface area contributed by atoms with E-state index in [-0.39, 0.29) is 0 Å². The molecule has 0 unspecified atom stereocenters. The maximum absolute atomic E-state index is 4.15. The van der Waals surface area contributed by atoms with E-state index < -0.39 is 0 Å². The van der Waals surface area contributed by atoms with Crippen LogP contribution in [0.3, 0.4) is 0 Å². The van der Waals surface area contributed by atoms with E-state index in [0.717, 1.165) is 13.0 Å². The molecule has 0 aromatic carbocycles. The zero-order valence-corrected chi connectivity index (χ0v) is 10.3. The summed E-state index contributed by atoms with van der Waals surface area (Å²) in [5, 5.41) is 7.63. The van der Waals surface area contributed by atoms with Crippen LogP contribution in [0.25, 0.3) is 0 Å². The molecule has 0 fully saturated rings. The minimum atomic E-state index is 0.330. The van der Waals surface area contributed by atoms with Crippen LogP contribution in [0, 0.1) is 0 Å². The molecule has 90 valence electrons. The summed E-state index contributed by atoms with van der Waals surface area (Å²) in [4.78, 5) is 4.12. The van der Waals surface area contributed by atoms with Gasteiger partial charge in [-0.15, -0.1) is 0 Å². The normalized spacial score (nSPS) is 12.6. The monoisotopic (exact) mass is 230 g/mol. The van der Waals surface area contributed by atoms with Gasteiger partial charge in [0.2, 0.25) is 0 Å². The van der Waals surface area contributed by atoms with Crippen LogP contribution in [-0.2, 0) is 13.5 Å². The first-order valence-electron chi connectivity index (χ1n) is 5.87. The van der Waals surface area contributed by atoms with Crippen molar-refractivity contribution < 1.29 is 0 Å². The Balaban J connectivity index is 1.81. The van der Waals surface area contributed by atoms with Crippen molar-refractivity contribution in [1.82, 2.24) is 20.1 Å². The Morgan fingerprint density at radius 1 is 1.35 bits per heavy atom. The minimum Gasteiger partial charge on any atom is -0.310 e. The molecule has 0 aliphatic rings. The van der Waals surface area contributed by atoms with Crippen molar-refractivity contribution in [3.05, 3.63) is 48.0 Å². The van der Waals surface area contributed by atoms with Gasteiger partial charge in [-0.2, -0.15) is 5.10 Å². The lowest BCUT2D eigenvalue weighted by molar-refractivity contribution is 0.562. The van der Waals surface area contributed by atoms with Gasteiger partial charge in [-0.05, 0) is 24.6 Å². The Morgan fingerprint density at radius 2 is 2.24 bits per heavy atom. The zero-order valence-electron chi connectivity index (χ0n) is 10.3. The molecule has 1 atom stereocenters. The number of nitrogens with zero attached hydrogens (tertiary/aromatic N) is 3. The number of nitrogens with one attached hydrogen (secondary N) is 1. The highest BCUT2D eigenvalue weighted by Gasteiger charge is 2.04. The number of pyridine rings is 1. The molecule has 0 aliphatic carbocycles. The molecule has 2 aromatic rings. The number of hydrogen-bond donors (Lipinski definition) is 1. The van der Waals surface area contributed by atoms with Crippen molar-refractivity contribution in [3.8, 4) is 0 Å². The van der Waals surface area contributed by atoms with Crippen LogP contribution in [-0.4, -0.2) is 21.3 Å². The molecule has 4 heteroatoms. The third-order valence-electron chi connectivity index (χ3n) is 2.94. The molecule has 0 bridgehead atoms. The second kappa shape index (κ2) is 5.59. The van der Waals surface area contributed by atoms with Crippen molar-refractivity contribution in [2.24, 2.45) is 7.05 Å². The molecule has 17 heavy (non-hydrogen) atoms. The maximum Gasteiger partial charge on any atom is 0.0492 e. The van der Waals surface area contributed by atoms with Gasteiger partial charge in [0.05, 0.1) is 0 Å². The van der Waals surface area contributed by atoms with Gasteiger partial charge in [0.15, 0.2) is 0 Å². The highest BCUT2D eigenvalue weighted by molar-refractivity contribution is 5.12. The molecule has 0 saturated carbocycles. The predicted molar refractivity (Wildman–Crippen MR) is 67.6 cm³/mol. The fourth-order valence-corrected chi connectivity index (χ4v) is 1.81. The van der Waals surface area contributed by atoms with Crippen molar-refractivity contribution in [1.29, 1.82) is 0 Å². The van der Waals surface area contributed by atoms with E-state index >= 15 is 0 Å². The van der Waals surface area contributed by atoms with Gasteiger partial charge in [0.25, 0.3) is 0 Å². The molecule has 1 N–H and O–H groups in total. The summed E-state index contributed by atoms with van der Waals surface area (Å²) in [7, 11) is 1.97. The molecule has 2 rings (SSSR count). The van der Waals surface area contributed by atoms with Crippen LogP contribution in [0.2, 0.25) is 0 Å². The van der Waals surface area contributed by atoms with Gasteiger partial charge in [0.1, 0.15) is 0 Å². The van der Waals surface area contributed by atoms with Gasteiger partial charge in [-0.1, -0.05) is 6.07 Å². The first kappa shape index (κ1) is 11.8. The van der Waals surface area contributed by atoms with Crippen LogP contribution < -0.4 is 5.32 Å². The summed E-state index contributed by atoms with van der Waals surface area (Å²) >= 11 is 0. The summed E-state index contributed by atoms with van der Waals surface area (Å²) in [5.41, 5.74) is 2.47. The highest BCUT2D eigenvalue weighted by Crippen LogP contribution is 2.09. The van der Waals surface area contributed by atoms with E-state index in [4.69, 9.17) is 0 Å². The molecule has 0 amide bonds. The summed E-state index contributed by atoms with van der Waals surface area (Å²) in [5.74, 6) is 0. The Labute approximate surface area is 102 Å². The summed E-state index contributed by atoms with van der Waals surface area (Å²) < 4.78 is 1.91. The van der Waals surface area contributed by atoms with Crippen molar-refractivity contribution >= 4 is 0 Å². The number of rotatable bonds is 5. The number of hydrogen-bond acceptors (Lipinski definition) is 3. The second-order valence-corrected chi connectivity index (χ2v) is 4.16. The Bertz CT molecular complexity index is 449. The third kappa shape index (κ3) is 3.14. The third-order valence-corrected chi connectivity index (χ3v) is 2.94. The Kier molecular flexibility index (Phi) is 3.88. The summed E-state index contributed by atoms with van der Waals surface area (Å²) in [6.45, 7) is 3.09. The van der Waals surface area contributed by atoms with E-state index in [1.165, 1.54) is 11.3 Å². The SMILES string of the molecule is C[C@@H](NCCc1ccnn1C)c1cccnc1. The van der Waals surface area contributed by atoms with Crippen molar-refractivity contribution in [2.75, 3.05) is 6.54 Å². The molecule has 0 radical (unpaired) electrons. The van der Waals surface area contributed by atoms with Crippen LogP contribution in [0.15, 0.2) is 36.8 Å². The van der Waals surface area contributed by atoms with Gasteiger partial charge in [-0.3, -0.25) is 9.67 Å². The van der Waals surface area contributed by atoms with Gasteiger partial charge in [0, 0.05) is 50.3 Å². The van der Waals surface area contributed by atoms with Gasteiger partial charge in [-0.25, -0.2) is 0 Å². The van der Waals surface area contributed by atoms with Gasteiger partial charge < -0.3 is 5.32 Å². The zero-order chi connectivity index (χ0) is 12.1. The first-order valence-corrected chi connectivity index (χ1v) is 5.87. The molecule has 0 saturated heterocycles. The number of aryl methyl sites for hydroxylation is 1. The molecule has 2 aromatic heterocycles. The second-order valence-electron chi connectivity index (χ2n) is 4.16. The predicted octanol–water partition coefficient (Wildman–Crippen LogP) is 1.71. The smallest absolute Gasteiger partial charge is 0.0492 e. The fourth-order valence-electron chi connectivity index (χ4n) is 1.81. The highest BCUT2D eigenvalue weighted by atomic mass is 15.3. The van der Waals surface area contributed by atoms with Gasteiger partial charge >= 0.3 is 0 Å². The lowest BCUT2D eigenvalue weighted by atomic mass is 10.1. The maximum atomic E-state index is 4.15. The molecule has 4 nitrogen and oxygen atoms in total. The topological polar surface area (TPSA) is 42.7 Å². The average molecular weight is 230 g/mol. The van der Waals surface area contributed by atoms with E-state index in [1.54, 1.807) is 6.20 Å². The quantitative estimate of drug-likeness (QED) is 0.850. The lowest BCUT2D eigenvalue weighted by Gasteiger charge is -2.13. The van der Waals surface area contributed by atoms with Crippen LogP contribution in [0.5, 0.6) is 0 Å². The van der Waals surface area contributed by atoms with E-state index in [2.05, 4.69) is 34.5 Å². The molecule has 0 aliphatic heterocycles. The van der Waals surface area contributed by atoms with Crippen molar-refractivity contribution in [3.63, 3.8) is 0 Å². The first-order chi connectivity index (χ1) is 8.27. The fraction of sp³-hybridized carbons (Fsp3) is 0.385. The van der Waals surface area contributed by atoms with E-state index in [0.29, 0.717) is 6.04 Å². The minimum absolute atomic E-state index is 0.330. The van der Waals surface area contributed by atoms with E-state index in [9.17, 15) is 0 Å². The molecular formula is C13H18N4. The Morgan fingerprint density at radius 3 is 2.88 bits per heavy atom. The average Bonchev–Trinajstić information content (AvgIpc) is 2.76. The standard InChI is InChI=1S/C13H18N4/c1-11(12-4-3-7-14-10-12)15-8-5-13-6-9-16-17(13)2/h3-4,6-7,9-11,15H,5,8H2,1-2H3/t11-/m1/s1. The number of aromatic nitrogens is 3. The van der Waals surface area contributed by atoms with Crippen LogP contribution >= 0.6 is 0 Å². The van der Waals surface area contributed by atoms with Crippen LogP contribution in [0.4, 0.5) is 0 Å². The largest absolute Gasteiger partial charge is 0.310 e. The summed E-state index contributed by atoms with van der Waals surface area (Å²) in [6.07, 6.45) is 6.52. The molecule has 0 spiro atoms. The lowest BCUT2D eigenvalue weighted by Crippen LogP contribution is -2.22.